The monoisotopic (exact) mass is 282 g/mol. The van der Waals surface area contributed by atoms with Crippen molar-refractivity contribution in [3.63, 3.8) is 0 Å². The summed E-state index contributed by atoms with van der Waals surface area (Å²) in [4.78, 5) is 12.4. The molecule has 1 unspecified atom stereocenters. The lowest BCUT2D eigenvalue weighted by Gasteiger charge is -2.35. The molecule has 1 atom stereocenters. The maximum atomic E-state index is 13.5. The number of carbonyl (C=O) groups excluding carboxylic acids is 1. The summed E-state index contributed by atoms with van der Waals surface area (Å²) in [5, 5.41) is 5.97. The van der Waals surface area contributed by atoms with E-state index in [-0.39, 0.29) is 18.0 Å². The van der Waals surface area contributed by atoms with E-state index in [0.717, 1.165) is 44.0 Å². The number of halogens is 2. The molecule has 20 heavy (non-hydrogen) atoms. The van der Waals surface area contributed by atoms with Gasteiger partial charge in [0.05, 0.1) is 5.41 Å². The van der Waals surface area contributed by atoms with Gasteiger partial charge in [0.25, 0.3) is 0 Å². The van der Waals surface area contributed by atoms with Crippen molar-refractivity contribution in [3.05, 3.63) is 35.4 Å². The highest BCUT2D eigenvalue weighted by Gasteiger charge is 2.37. The number of carbonyl (C=O) groups is 1. The Bertz CT molecular complexity index is 485. The van der Waals surface area contributed by atoms with Gasteiger partial charge in [-0.2, -0.15) is 0 Å². The number of amides is 1. The quantitative estimate of drug-likeness (QED) is 0.890. The van der Waals surface area contributed by atoms with Crippen molar-refractivity contribution >= 4 is 5.91 Å². The minimum Gasteiger partial charge on any atom is -0.351 e. The lowest BCUT2D eigenvalue weighted by atomic mass is 9.77. The largest absolute Gasteiger partial charge is 0.351 e. The van der Waals surface area contributed by atoms with Crippen LogP contribution in [-0.4, -0.2) is 19.0 Å². The summed E-state index contributed by atoms with van der Waals surface area (Å²) in [6.45, 7) is 3.56. The van der Waals surface area contributed by atoms with Gasteiger partial charge >= 0.3 is 0 Å². The molecule has 0 aliphatic carbocycles. The van der Waals surface area contributed by atoms with E-state index in [2.05, 4.69) is 10.6 Å². The van der Waals surface area contributed by atoms with Crippen LogP contribution in [0.2, 0.25) is 0 Å². The summed E-state index contributed by atoms with van der Waals surface area (Å²) in [5.41, 5.74) is -0.254. The SMILES string of the molecule is CCC1(C(=O)NCc2cc(F)ccc2F)CCCNC1. The van der Waals surface area contributed by atoms with E-state index < -0.39 is 17.0 Å². The number of hydrogen-bond donors (Lipinski definition) is 2. The van der Waals surface area contributed by atoms with Gasteiger partial charge in [0.2, 0.25) is 5.91 Å². The Balaban J connectivity index is 2.02. The highest BCUT2D eigenvalue weighted by atomic mass is 19.1. The van der Waals surface area contributed by atoms with Crippen LogP contribution in [0.3, 0.4) is 0 Å². The molecule has 5 heteroatoms. The fraction of sp³-hybridized carbons (Fsp3) is 0.533. The number of benzene rings is 1. The first kappa shape index (κ1) is 14.9. The third-order valence-corrected chi connectivity index (χ3v) is 4.08. The Morgan fingerprint density at radius 1 is 1.45 bits per heavy atom. The predicted octanol–water partition coefficient (Wildman–Crippen LogP) is 2.36. The van der Waals surface area contributed by atoms with E-state index in [0.29, 0.717) is 6.54 Å². The molecule has 1 aliphatic heterocycles. The average molecular weight is 282 g/mol. The van der Waals surface area contributed by atoms with E-state index in [1.54, 1.807) is 0 Å². The molecular formula is C15H20F2N2O. The molecule has 1 saturated heterocycles. The molecular weight excluding hydrogens is 262 g/mol. The minimum absolute atomic E-state index is 0.0180. The maximum absolute atomic E-state index is 13.5. The zero-order valence-electron chi connectivity index (χ0n) is 11.6. The van der Waals surface area contributed by atoms with Gasteiger partial charge in [-0.3, -0.25) is 4.79 Å². The van der Waals surface area contributed by atoms with Gasteiger partial charge in [-0.05, 0) is 44.0 Å². The van der Waals surface area contributed by atoms with E-state index >= 15 is 0 Å². The number of rotatable bonds is 4. The summed E-state index contributed by atoms with van der Waals surface area (Å²) < 4.78 is 26.6. The molecule has 0 saturated carbocycles. The molecule has 1 fully saturated rings. The lowest BCUT2D eigenvalue weighted by molar-refractivity contribution is -0.132. The van der Waals surface area contributed by atoms with Crippen LogP contribution < -0.4 is 10.6 Å². The van der Waals surface area contributed by atoms with Crippen molar-refractivity contribution in [3.8, 4) is 0 Å². The molecule has 0 radical (unpaired) electrons. The Hall–Kier alpha value is -1.49. The molecule has 1 aliphatic rings. The van der Waals surface area contributed by atoms with Gasteiger partial charge in [0.15, 0.2) is 0 Å². The summed E-state index contributed by atoms with van der Waals surface area (Å²) in [6, 6.07) is 3.27. The van der Waals surface area contributed by atoms with E-state index in [1.165, 1.54) is 0 Å². The zero-order valence-corrected chi connectivity index (χ0v) is 11.6. The molecule has 3 nitrogen and oxygen atoms in total. The smallest absolute Gasteiger partial charge is 0.227 e. The van der Waals surface area contributed by atoms with E-state index in [9.17, 15) is 13.6 Å². The Kier molecular flexibility index (Phi) is 4.70. The van der Waals surface area contributed by atoms with E-state index in [1.807, 2.05) is 6.92 Å². The van der Waals surface area contributed by atoms with Crippen LogP contribution in [-0.2, 0) is 11.3 Å². The van der Waals surface area contributed by atoms with Crippen LogP contribution in [0.5, 0.6) is 0 Å². The van der Waals surface area contributed by atoms with Gasteiger partial charge in [-0.15, -0.1) is 0 Å². The normalized spacial score (nSPS) is 22.6. The fourth-order valence-corrected chi connectivity index (χ4v) is 2.67. The molecule has 1 aromatic carbocycles. The predicted molar refractivity (Wildman–Crippen MR) is 73.0 cm³/mol. The molecule has 0 aromatic heterocycles. The third-order valence-electron chi connectivity index (χ3n) is 4.08. The molecule has 0 bridgehead atoms. The number of nitrogens with one attached hydrogen (secondary N) is 2. The summed E-state index contributed by atoms with van der Waals surface area (Å²) >= 11 is 0. The first-order valence-corrected chi connectivity index (χ1v) is 7.00. The highest BCUT2D eigenvalue weighted by molar-refractivity contribution is 5.83. The van der Waals surface area contributed by atoms with Crippen molar-refractivity contribution in [1.29, 1.82) is 0 Å². The second-order valence-electron chi connectivity index (χ2n) is 5.33. The van der Waals surface area contributed by atoms with Crippen molar-refractivity contribution in [1.82, 2.24) is 10.6 Å². The van der Waals surface area contributed by atoms with Crippen LogP contribution >= 0.6 is 0 Å². The first-order valence-electron chi connectivity index (χ1n) is 7.00. The molecule has 2 rings (SSSR count). The van der Waals surface area contributed by atoms with Crippen LogP contribution in [0.4, 0.5) is 8.78 Å². The van der Waals surface area contributed by atoms with Gasteiger partial charge in [-0.1, -0.05) is 6.92 Å². The second-order valence-corrected chi connectivity index (χ2v) is 5.33. The van der Waals surface area contributed by atoms with Crippen LogP contribution in [0.25, 0.3) is 0 Å². The van der Waals surface area contributed by atoms with Crippen molar-refractivity contribution < 1.29 is 13.6 Å². The molecule has 110 valence electrons. The fourth-order valence-electron chi connectivity index (χ4n) is 2.67. The van der Waals surface area contributed by atoms with Crippen LogP contribution in [0, 0.1) is 17.0 Å². The Labute approximate surface area is 117 Å². The molecule has 0 spiro atoms. The minimum atomic E-state index is -0.501. The topological polar surface area (TPSA) is 41.1 Å². The maximum Gasteiger partial charge on any atom is 0.227 e. The van der Waals surface area contributed by atoms with Gasteiger partial charge in [0.1, 0.15) is 11.6 Å². The van der Waals surface area contributed by atoms with Gasteiger partial charge in [0, 0.05) is 18.7 Å². The second kappa shape index (κ2) is 6.31. The van der Waals surface area contributed by atoms with Crippen LogP contribution in [0.15, 0.2) is 18.2 Å². The van der Waals surface area contributed by atoms with E-state index in [4.69, 9.17) is 0 Å². The van der Waals surface area contributed by atoms with Crippen molar-refractivity contribution in [2.75, 3.05) is 13.1 Å². The van der Waals surface area contributed by atoms with Crippen molar-refractivity contribution in [2.45, 2.75) is 32.7 Å². The summed E-state index contributed by atoms with van der Waals surface area (Å²) in [5.74, 6) is -1.09. The standard InChI is InChI=1S/C15H20F2N2O/c1-2-15(6-3-7-18-10-15)14(20)19-9-11-8-12(16)4-5-13(11)17/h4-5,8,18H,2-3,6-7,9-10H2,1H3,(H,19,20). The summed E-state index contributed by atoms with van der Waals surface area (Å²) in [6.07, 6.45) is 2.51. The highest BCUT2D eigenvalue weighted by Crippen LogP contribution is 2.30. The van der Waals surface area contributed by atoms with Gasteiger partial charge in [-0.25, -0.2) is 8.78 Å². The lowest BCUT2D eigenvalue weighted by Crippen LogP contribution is -2.50. The third kappa shape index (κ3) is 3.15. The first-order chi connectivity index (χ1) is 9.57. The van der Waals surface area contributed by atoms with Crippen LogP contribution in [0.1, 0.15) is 31.7 Å². The Morgan fingerprint density at radius 3 is 2.90 bits per heavy atom. The average Bonchev–Trinajstić information content (AvgIpc) is 2.48. The van der Waals surface area contributed by atoms with Crippen molar-refractivity contribution in [2.24, 2.45) is 5.41 Å². The number of hydrogen-bond acceptors (Lipinski definition) is 2. The summed E-state index contributed by atoms with van der Waals surface area (Å²) in [7, 11) is 0. The van der Waals surface area contributed by atoms with Gasteiger partial charge < -0.3 is 10.6 Å². The molecule has 1 heterocycles. The number of piperidine rings is 1. The molecule has 2 N–H and O–H groups in total. The molecule has 1 aromatic rings. The Morgan fingerprint density at radius 2 is 2.25 bits per heavy atom. The molecule has 1 amide bonds. The zero-order chi connectivity index (χ0) is 14.6.